The SMILES string of the molecule is CC(Oc1ccc(Cl)cc1Cl)C(=O)Nc1ccc(N2CCN(C(=O)c3ccc(Cl)cc3)CC2)cc1. The van der Waals surface area contributed by atoms with E-state index in [4.69, 9.17) is 39.5 Å². The molecule has 0 spiro atoms. The molecule has 1 fully saturated rings. The van der Waals surface area contributed by atoms with E-state index in [0.29, 0.717) is 45.2 Å². The zero-order valence-electron chi connectivity index (χ0n) is 19.0. The van der Waals surface area contributed by atoms with E-state index in [1.165, 1.54) is 0 Å². The number of piperazine rings is 1. The first kappa shape index (κ1) is 25.2. The topological polar surface area (TPSA) is 61.9 Å². The van der Waals surface area contributed by atoms with E-state index in [0.717, 1.165) is 18.8 Å². The number of hydrogen-bond acceptors (Lipinski definition) is 4. The van der Waals surface area contributed by atoms with Crippen LogP contribution in [0.5, 0.6) is 5.75 Å². The van der Waals surface area contributed by atoms with Gasteiger partial charge in [0.05, 0.1) is 5.02 Å². The first-order chi connectivity index (χ1) is 16.8. The number of nitrogens with one attached hydrogen (secondary N) is 1. The first-order valence-electron chi connectivity index (χ1n) is 11.1. The van der Waals surface area contributed by atoms with Gasteiger partial charge >= 0.3 is 0 Å². The maximum absolute atomic E-state index is 12.7. The highest BCUT2D eigenvalue weighted by Crippen LogP contribution is 2.28. The van der Waals surface area contributed by atoms with Crippen LogP contribution in [-0.4, -0.2) is 49.0 Å². The second kappa shape index (κ2) is 11.2. The van der Waals surface area contributed by atoms with E-state index in [9.17, 15) is 9.59 Å². The highest BCUT2D eigenvalue weighted by atomic mass is 35.5. The molecule has 0 aromatic heterocycles. The molecule has 1 saturated heterocycles. The number of benzene rings is 3. The summed E-state index contributed by atoms with van der Waals surface area (Å²) in [6, 6.07) is 19.4. The summed E-state index contributed by atoms with van der Waals surface area (Å²) >= 11 is 17.9. The number of ether oxygens (including phenoxy) is 1. The van der Waals surface area contributed by atoms with Crippen LogP contribution in [0.15, 0.2) is 66.7 Å². The number of hydrogen-bond donors (Lipinski definition) is 1. The van der Waals surface area contributed by atoms with Crippen molar-refractivity contribution in [3.63, 3.8) is 0 Å². The van der Waals surface area contributed by atoms with Crippen molar-refractivity contribution in [1.82, 2.24) is 4.90 Å². The second-order valence-electron chi connectivity index (χ2n) is 8.16. The van der Waals surface area contributed by atoms with E-state index in [1.807, 2.05) is 29.2 Å². The van der Waals surface area contributed by atoms with Crippen LogP contribution in [-0.2, 0) is 4.79 Å². The van der Waals surface area contributed by atoms with Gasteiger partial charge in [-0.25, -0.2) is 0 Å². The molecule has 6 nitrogen and oxygen atoms in total. The van der Waals surface area contributed by atoms with Gasteiger partial charge in [0.1, 0.15) is 5.75 Å². The number of halogens is 3. The Morgan fingerprint density at radius 1 is 0.857 bits per heavy atom. The Kier molecular flexibility index (Phi) is 8.06. The summed E-state index contributed by atoms with van der Waals surface area (Å²) in [5.41, 5.74) is 2.33. The van der Waals surface area contributed by atoms with Gasteiger partial charge in [-0.15, -0.1) is 0 Å². The van der Waals surface area contributed by atoms with Crippen LogP contribution < -0.4 is 15.0 Å². The van der Waals surface area contributed by atoms with Crippen LogP contribution in [0.25, 0.3) is 0 Å². The molecule has 0 bridgehead atoms. The van der Waals surface area contributed by atoms with Crippen molar-refractivity contribution in [2.24, 2.45) is 0 Å². The molecule has 3 aromatic rings. The van der Waals surface area contributed by atoms with Crippen LogP contribution in [0.1, 0.15) is 17.3 Å². The summed E-state index contributed by atoms with van der Waals surface area (Å²) in [5, 5.41) is 4.30. The summed E-state index contributed by atoms with van der Waals surface area (Å²) in [6.45, 7) is 4.35. The molecular weight excluding hydrogens is 509 g/mol. The Labute approximate surface area is 219 Å². The van der Waals surface area contributed by atoms with Crippen molar-refractivity contribution < 1.29 is 14.3 Å². The van der Waals surface area contributed by atoms with Crippen LogP contribution >= 0.6 is 34.8 Å². The van der Waals surface area contributed by atoms with Crippen LogP contribution in [0.4, 0.5) is 11.4 Å². The Hall–Kier alpha value is -2.93. The third-order valence-corrected chi connectivity index (χ3v) is 6.51. The molecule has 1 aliphatic rings. The molecule has 182 valence electrons. The van der Waals surface area contributed by atoms with Gasteiger partial charge < -0.3 is 19.9 Å². The average Bonchev–Trinajstić information content (AvgIpc) is 2.86. The highest BCUT2D eigenvalue weighted by molar-refractivity contribution is 6.35. The van der Waals surface area contributed by atoms with Gasteiger partial charge in [0.25, 0.3) is 11.8 Å². The Morgan fingerprint density at radius 3 is 2.11 bits per heavy atom. The van der Waals surface area contributed by atoms with Crippen molar-refractivity contribution in [3.05, 3.63) is 87.4 Å². The van der Waals surface area contributed by atoms with Gasteiger partial charge in [-0.2, -0.15) is 0 Å². The lowest BCUT2D eigenvalue weighted by Crippen LogP contribution is -2.48. The highest BCUT2D eigenvalue weighted by Gasteiger charge is 2.22. The minimum absolute atomic E-state index is 0.00982. The summed E-state index contributed by atoms with van der Waals surface area (Å²) in [4.78, 5) is 29.3. The van der Waals surface area contributed by atoms with E-state index in [-0.39, 0.29) is 11.8 Å². The first-order valence-corrected chi connectivity index (χ1v) is 12.3. The molecular formula is C26H24Cl3N3O3. The Morgan fingerprint density at radius 2 is 1.49 bits per heavy atom. The molecule has 9 heteroatoms. The largest absolute Gasteiger partial charge is 0.479 e. The third-order valence-electron chi connectivity index (χ3n) is 5.72. The van der Waals surface area contributed by atoms with E-state index in [1.54, 1.807) is 49.4 Å². The lowest BCUT2D eigenvalue weighted by Gasteiger charge is -2.36. The van der Waals surface area contributed by atoms with Crippen molar-refractivity contribution in [2.45, 2.75) is 13.0 Å². The zero-order valence-corrected chi connectivity index (χ0v) is 21.3. The number of nitrogens with zero attached hydrogens (tertiary/aromatic N) is 2. The fraction of sp³-hybridized carbons (Fsp3) is 0.231. The van der Waals surface area contributed by atoms with Gasteiger partial charge in [0.15, 0.2) is 6.10 Å². The number of anilines is 2. The predicted molar refractivity (Wildman–Crippen MR) is 141 cm³/mol. The Bertz CT molecular complexity index is 1190. The third kappa shape index (κ3) is 6.40. The van der Waals surface area contributed by atoms with Crippen molar-refractivity contribution in [2.75, 3.05) is 36.4 Å². The smallest absolute Gasteiger partial charge is 0.265 e. The molecule has 4 rings (SSSR count). The summed E-state index contributed by atoms with van der Waals surface area (Å²) < 4.78 is 5.67. The number of rotatable bonds is 6. The molecule has 0 saturated carbocycles. The van der Waals surface area contributed by atoms with E-state index < -0.39 is 6.10 Å². The molecule has 35 heavy (non-hydrogen) atoms. The summed E-state index contributed by atoms with van der Waals surface area (Å²) in [7, 11) is 0. The molecule has 1 N–H and O–H groups in total. The maximum atomic E-state index is 12.7. The minimum atomic E-state index is -0.750. The Balaban J connectivity index is 1.29. The van der Waals surface area contributed by atoms with Gasteiger partial charge in [-0.05, 0) is 73.7 Å². The standard InChI is InChI=1S/C26H24Cl3N3O3/c1-17(35-24-11-6-20(28)16-23(24)29)25(33)30-21-7-9-22(10-8-21)31-12-14-32(15-13-31)26(34)18-2-4-19(27)5-3-18/h2-11,16-17H,12-15H2,1H3,(H,30,33). The summed E-state index contributed by atoms with van der Waals surface area (Å²) in [5.74, 6) is 0.108. The maximum Gasteiger partial charge on any atom is 0.265 e. The number of amides is 2. The fourth-order valence-corrected chi connectivity index (χ4v) is 4.34. The van der Waals surface area contributed by atoms with Crippen LogP contribution in [0.3, 0.4) is 0 Å². The molecule has 2 amide bonds. The van der Waals surface area contributed by atoms with Gasteiger partial charge in [0, 0.05) is 53.2 Å². The second-order valence-corrected chi connectivity index (χ2v) is 9.44. The molecule has 0 aliphatic carbocycles. The van der Waals surface area contributed by atoms with Gasteiger partial charge in [-0.1, -0.05) is 34.8 Å². The monoisotopic (exact) mass is 531 g/mol. The molecule has 1 atom stereocenters. The minimum Gasteiger partial charge on any atom is -0.479 e. The number of carbonyl (C=O) groups is 2. The molecule has 1 aliphatic heterocycles. The van der Waals surface area contributed by atoms with Gasteiger partial charge in [-0.3, -0.25) is 9.59 Å². The normalized spacial score (nSPS) is 14.4. The molecule has 1 heterocycles. The van der Waals surface area contributed by atoms with Crippen molar-refractivity contribution in [3.8, 4) is 5.75 Å². The lowest BCUT2D eigenvalue weighted by molar-refractivity contribution is -0.122. The number of carbonyl (C=O) groups excluding carboxylic acids is 2. The van der Waals surface area contributed by atoms with Crippen LogP contribution in [0, 0.1) is 0 Å². The van der Waals surface area contributed by atoms with Gasteiger partial charge in [0.2, 0.25) is 0 Å². The van der Waals surface area contributed by atoms with E-state index in [2.05, 4.69) is 10.2 Å². The average molecular weight is 533 g/mol. The lowest BCUT2D eigenvalue weighted by atomic mass is 10.1. The quantitative estimate of drug-likeness (QED) is 0.422. The fourth-order valence-electron chi connectivity index (χ4n) is 3.76. The molecule has 1 unspecified atom stereocenters. The summed E-state index contributed by atoms with van der Waals surface area (Å²) in [6.07, 6.45) is -0.750. The predicted octanol–water partition coefficient (Wildman–Crippen LogP) is 6.02. The van der Waals surface area contributed by atoms with Crippen molar-refractivity contribution >= 4 is 58.0 Å². The van der Waals surface area contributed by atoms with Crippen LogP contribution in [0.2, 0.25) is 15.1 Å². The molecule has 3 aromatic carbocycles. The van der Waals surface area contributed by atoms with Crippen molar-refractivity contribution in [1.29, 1.82) is 0 Å². The van der Waals surface area contributed by atoms with E-state index >= 15 is 0 Å². The zero-order chi connectivity index (χ0) is 24.9. The molecule has 0 radical (unpaired) electrons.